The number of benzene rings is 2. The van der Waals surface area contributed by atoms with Crippen LogP contribution in [0.15, 0.2) is 48.5 Å². The Hall–Kier alpha value is -3.48. The topological polar surface area (TPSA) is 86.8 Å². The molecule has 1 atom stereocenters. The maximum absolute atomic E-state index is 13.4. The number of fused-ring (bicyclic) bond motifs is 3. The Morgan fingerprint density at radius 1 is 1.07 bits per heavy atom. The van der Waals surface area contributed by atoms with E-state index >= 15 is 0 Å². The standard InChI is InChI=1S/C21H19N3O4/c1-13(25)14-6-5-7-15(12-14)22-20(28)21-11-10-18(26)24(21)17-9-4-3-8-16(17)19(27)23(21)2/h3-9,12H,10-11H2,1-2H3,(H,22,28). The molecule has 7 nitrogen and oxygen atoms in total. The summed E-state index contributed by atoms with van der Waals surface area (Å²) in [7, 11) is 1.54. The zero-order chi connectivity index (χ0) is 20.1. The van der Waals surface area contributed by atoms with Gasteiger partial charge in [-0.25, -0.2) is 0 Å². The molecule has 0 aromatic heterocycles. The number of amides is 3. The van der Waals surface area contributed by atoms with E-state index in [1.165, 1.54) is 23.8 Å². The van der Waals surface area contributed by atoms with Crippen molar-refractivity contribution in [3.63, 3.8) is 0 Å². The molecule has 2 aromatic rings. The molecule has 2 aliphatic rings. The summed E-state index contributed by atoms with van der Waals surface area (Å²) in [6, 6.07) is 13.4. The number of nitrogens with zero attached hydrogens (tertiary/aromatic N) is 2. The van der Waals surface area contributed by atoms with Crippen molar-refractivity contribution in [2.24, 2.45) is 0 Å². The second kappa shape index (κ2) is 6.30. The number of hydrogen-bond acceptors (Lipinski definition) is 4. The number of ketones is 1. The van der Waals surface area contributed by atoms with E-state index in [-0.39, 0.29) is 30.4 Å². The zero-order valence-corrected chi connectivity index (χ0v) is 15.6. The van der Waals surface area contributed by atoms with Crippen molar-refractivity contribution in [3.8, 4) is 0 Å². The fourth-order valence-electron chi connectivity index (χ4n) is 3.98. The van der Waals surface area contributed by atoms with Crippen LogP contribution in [0.2, 0.25) is 0 Å². The molecule has 4 rings (SSSR count). The Kier molecular flexibility index (Phi) is 4.03. The highest BCUT2D eigenvalue weighted by atomic mass is 16.2. The van der Waals surface area contributed by atoms with Crippen LogP contribution in [-0.4, -0.2) is 41.1 Å². The minimum Gasteiger partial charge on any atom is -0.322 e. The number of hydrogen-bond donors (Lipinski definition) is 1. The summed E-state index contributed by atoms with van der Waals surface area (Å²) < 4.78 is 0. The van der Waals surface area contributed by atoms with Crippen LogP contribution in [0.5, 0.6) is 0 Å². The van der Waals surface area contributed by atoms with Crippen molar-refractivity contribution in [1.29, 1.82) is 0 Å². The highest BCUT2D eigenvalue weighted by molar-refractivity contribution is 6.18. The number of para-hydroxylation sites is 1. The van der Waals surface area contributed by atoms with Crippen LogP contribution in [0.4, 0.5) is 11.4 Å². The second-order valence-corrected chi connectivity index (χ2v) is 7.02. The summed E-state index contributed by atoms with van der Waals surface area (Å²) in [5.41, 5.74) is 0.302. The van der Waals surface area contributed by atoms with Gasteiger partial charge in [0.2, 0.25) is 11.6 Å². The average Bonchev–Trinajstić information content (AvgIpc) is 3.05. The van der Waals surface area contributed by atoms with Crippen LogP contribution < -0.4 is 10.2 Å². The van der Waals surface area contributed by atoms with Crippen LogP contribution >= 0.6 is 0 Å². The lowest BCUT2D eigenvalue weighted by molar-refractivity contribution is -0.128. The van der Waals surface area contributed by atoms with Crippen molar-refractivity contribution in [1.82, 2.24) is 4.90 Å². The van der Waals surface area contributed by atoms with E-state index in [9.17, 15) is 19.2 Å². The highest BCUT2D eigenvalue weighted by Crippen LogP contribution is 2.44. The first-order chi connectivity index (χ1) is 13.4. The van der Waals surface area contributed by atoms with E-state index in [2.05, 4.69) is 5.32 Å². The van der Waals surface area contributed by atoms with Gasteiger partial charge in [-0.15, -0.1) is 0 Å². The molecule has 2 aromatic carbocycles. The quantitative estimate of drug-likeness (QED) is 0.833. The number of anilines is 2. The Balaban J connectivity index is 1.78. The fraction of sp³-hybridized carbons (Fsp3) is 0.238. The molecule has 1 N–H and O–H groups in total. The van der Waals surface area contributed by atoms with Gasteiger partial charge >= 0.3 is 0 Å². The van der Waals surface area contributed by atoms with Crippen LogP contribution in [0.25, 0.3) is 0 Å². The largest absolute Gasteiger partial charge is 0.322 e. The molecule has 1 fully saturated rings. The van der Waals surface area contributed by atoms with E-state index in [0.29, 0.717) is 22.5 Å². The molecule has 0 radical (unpaired) electrons. The molecule has 2 aliphatic heterocycles. The molecule has 1 saturated heterocycles. The van der Waals surface area contributed by atoms with Gasteiger partial charge in [-0.2, -0.15) is 0 Å². The van der Waals surface area contributed by atoms with Gasteiger partial charge in [0, 0.05) is 31.1 Å². The molecular formula is C21H19N3O4. The van der Waals surface area contributed by atoms with E-state index in [1.54, 1.807) is 48.5 Å². The normalized spacial score (nSPS) is 20.6. The zero-order valence-electron chi connectivity index (χ0n) is 15.6. The molecule has 0 spiro atoms. The van der Waals surface area contributed by atoms with E-state index in [0.717, 1.165) is 0 Å². The van der Waals surface area contributed by atoms with Gasteiger partial charge in [0.15, 0.2) is 5.78 Å². The first kappa shape index (κ1) is 17.9. The highest BCUT2D eigenvalue weighted by Gasteiger charge is 2.59. The number of rotatable bonds is 3. The lowest BCUT2D eigenvalue weighted by atomic mass is 9.96. The molecule has 28 heavy (non-hydrogen) atoms. The number of nitrogens with one attached hydrogen (secondary N) is 1. The van der Waals surface area contributed by atoms with Gasteiger partial charge < -0.3 is 10.2 Å². The van der Waals surface area contributed by atoms with Gasteiger partial charge in [0.05, 0.1) is 11.3 Å². The van der Waals surface area contributed by atoms with E-state index in [1.807, 2.05) is 0 Å². The molecule has 2 heterocycles. The van der Waals surface area contributed by atoms with Gasteiger partial charge in [-0.1, -0.05) is 24.3 Å². The summed E-state index contributed by atoms with van der Waals surface area (Å²) in [6.07, 6.45) is 0.355. The number of carbonyl (C=O) groups is 4. The van der Waals surface area contributed by atoms with Gasteiger partial charge in [-0.05, 0) is 31.2 Å². The molecule has 0 saturated carbocycles. The predicted octanol–water partition coefficient (Wildman–Crippen LogP) is 2.44. The summed E-state index contributed by atoms with van der Waals surface area (Å²) >= 11 is 0. The monoisotopic (exact) mass is 377 g/mol. The molecule has 142 valence electrons. The number of carbonyl (C=O) groups excluding carboxylic acids is 4. The van der Waals surface area contributed by atoms with Crippen molar-refractivity contribution in [3.05, 3.63) is 59.7 Å². The van der Waals surface area contributed by atoms with Gasteiger partial charge in [0.25, 0.3) is 11.8 Å². The van der Waals surface area contributed by atoms with Crippen molar-refractivity contribution >= 4 is 34.9 Å². The minimum atomic E-state index is -1.44. The number of likely N-dealkylation sites (N-methyl/N-ethyl adjacent to an activating group) is 1. The Morgan fingerprint density at radius 3 is 2.57 bits per heavy atom. The van der Waals surface area contributed by atoms with Crippen LogP contribution in [0.1, 0.15) is 40.5 Å². The van der Waals surface area contributed by atoms with Gasteiger partial charge in [-0.3, -0.25) is 24.1 Å². The average molecular weight is 377 g/mol. The van der Waals surface area contributed by atoms with E-state index < -0.39 is 11.6 Å². The summed E-state index contributed by atoms with van der Waals surface area (Å²) in [4.78, 5) is 53.4. The molecule has 7 heteroatoms. The van der Waals surface area contributed by atoms with Gasteiger partial charge in [0.1, 0.15) is 0 Å². The third kappa shape index (κ3) is 2.43. The minimum absolute atomic E-state index is 0.120. The Bertz CT molecular complexity index is 1030. The van der Waals surface area contributed by atoms with Crippen LogP contribution in [-0.2, 0) is 9.59 Å². The fourth-order valence-corrected chi connectivity index (χ4v) is 3.98. The van der Waals surface area contributed by atoms with Crippen molar-refractivity contribution in [2.45, 2.75) is 25.4 Å². The lowest BCUT2D eigenvalue weighted by Gasteiger charge is -2.47. The molecule has 0 aliphatic carbocycles. The summed E-state index contributed by atoms with van der Waals surface area (Å²) in [6.45, 7) is 1.45. The number of Topliss-reactive ketones (excluding diaryl/α,β-unsaturated/α-hetero) is 1. The van der Waals surface area contributed by atoms with Crippen LogP contribution in [0.3, 0.4) is 0 Å². The third-order valence-corrected chi connectivity index (χ3v) is 5.43. The van der Waals surface area contributed by atoms with Crippen molar-refractivity contribution < 1.29 is 19.2 Å². The smallest absolute Gasteiger partial charge is 0.271 e. The van der Waals surface area contributed by atoms with Crippen LogP contribution in [0, 0.1) is 0 Å². The molecule has 1 unspecified atom stereocenters. The Morgan fingerprint density at radius 2 is 1.82 bits per heavy atom. The maximum atomic E-state index is 13.4. The predicted molar refractivity (Wildman–Crippen MR) is 103 cm³/mol. The molecule has 0 bridgehead atoms. The Labute approximate surface area is 161 Å². The second-order valence-electron chi connectivity index (χ2n) is 7.02. The maximum Gasteiger partial charge on any atom is 0.271 e. The lowest BCUT2D eigenvalue weighted by Crippen LogP contribution is -2.68. The third-order valence-electron chi connectivity index (χ3n) is 5.43. The SMILES string of the molecule is CC(=O)c1cccc(NC(=O)C23CCC(=O)N2c2ccccc2C(=O)N3C)c1. The van der Waals surface area contributed by atoms with Crippen molar-refractivity contribution in [2.75, 3.05) is 17.3 Å². The molecule has 3 amide bonds. The summed E-state index contributed by atoms with van der Waals surface area (Å²) in [5.74, 6) is -1.12. The van der Waals surface area contributed by atoms with E-state index in [4.69, 9.17) is 0 Å². The summed E-state index contributed by atoms with van der Waals surface area (Å²) in [5, 5.41) is 2.79. The first-order valence-corrected chi connectivity index (χ1v) is 8.99. The first-order valence-electron chi connectivity index (χ1n) is 8.99. The molecular weight excluding hydrogens is 358 g/mol.